The first-order chi connectivity index (χ1) is 17.9. The number of nitrogens with one attached hydrogen (secondary N) is 2. The zero-order valence-electron chi connectivity index (χ0n) is 20.3. The number of carbonyl (C=O) groups excluding carboxylic acids is 3. The van der Waals surface area contributed by atoms with Crippen LogP contribution >= 0.6 is 0 Å². The number of carbonyl (C=O) groups is 3. The van der Waals surface area contributed by atoms with E-state index in [9.17, 15) is 18.8 Å². The Kier molecular flexibility index (Phi) is 6.39. The van der Waals surface area contributed by atoms with Crippen LogP contribution in [0.15, 0.2) is 60.7 Å². The molecule has 37 heavy (non-hydrogen) atoms. The Morgan fingerprint density at radius 2 is 1.70 bits per heavy atom. The van der Waals surface area contributed by atoms with Crippen LogP contribution in [0.25, 0.3) is 11.1 Å². The van der Waals surface area contributed by atoms with Gasteiger partial charge in [0.05, 0.1) is 32.0 Å². The van der Waals surface area contributed by atoms with Gasteiger partial charge in [0.25, 0.3) is 5.91 Å². The number of nitrogens with zero attached hydrogens (tertiary/aromatic N) is 2. The van der Waals surface area contributed by atoms with Gasteiger partial charge in [0.15, 0.2) is 0 Å². The maximum absolute atomic E-state index is 14.4. The highest BCUT2D eigenvalue weighted by Gasteiger charge is 2.40. The molecule has 0 unspecified atom stereocenters. The van der Waals surface area contributed by atoms with E-state index >= 15 is 0 Å². The van der Waals surface area contributed by atoms with Gasteiger partial charge in [-0.15, -0.1) is 0 Å². The molecule has 0 aromatic heterocycles. The van der Waals surface area contributed by atoms with Crippen molar-refractivity contribution in [3.05, 3.63) is 72.0 Å². The second kappa shape index (κ2) is 9.81. The lowest BCUT2D eigenvalue weighted by Crippen LogP contribution is -2.60. The second-order valence-electron chi connectivity index (χ2n) is 8.72. The average molecular weight is 505 g/mol. The van der Waals surface area contributed by atoms with E-state index < -0.39 is 23.8 Å². The van der Waals surface area contributed by atoms with Gasteiger partial charge in [-0.1, -0.05) is 24.3 Å². The van der Waals surface area contributed by atoms with Gasteiger partial charge >= 0.3 is 6.03 Å². The van der Waals surface area contributed by atoms with E-state index in [1.54, 1.807) is 54.6 Å². The number of urea groups is 1. The number of benzene rings is 3. The second-order valence-corrected chi connectivity index (χ2v) is 8.72. The van der Waals surface area contributed by atoms with Crippen LogP contribution < -0.4 is 20.1 Å². The molecule has 0 spiro atoms. The monoisotopic (exact) mass is 504 g/mol. The Bertz CT molecular complexity index is 1370. The van der Waals surface area contributed by atoms with Gasteiger partial charge in [-0.25, -0.2) is 9.18 Å². The van der Waals surface area contributed by atoms with Crippen molar-refractivity contribution in [2.75, 3.05) is 44.5 Å². The fourth-order valence-electron chi connectivity index (χ4n) is 4.58. The van der Waals surface area contributed by atoms with Crippen LogP contribution in [0.1, 0.15) is 10.4 Å². The standard InChI is InChI=1S/C27H25FN4O5/c1-36-18-12-17(13-19(14-18)37-2)29-27(35)31-9-10-32-24(15-31)25(33)30-23-8-7-16(11-21(23)26(32)34)20-5-3-4-6-22(20)28/h3-8,11-14,24H,9-10,15H2,1-2H3,(H,29,35)(H,30,33)/t24-/m0/s1. The summed E-state index contributed by atoms with van der Waals surface area (Å²) in [5, 5.41) is 5.60. The van der Waals surface area contributed by atoms with Crippen molar-refractivity contribution < 1.29 is 28.2 Å². The third kappa shape index (κ3) is 4.65. The van der Waals surface area contributed by atoms with Crippen LogP contribution in [0, 0.1) is 5.82 Å². The van der Waals surface area contributed by atoms with E-state index in [4.69, 9.17) is 9.47 Å². The molecule has 3 aromatic rings. The maximum atomic E-state index is 14.4. The summed E-state index contributed by atoms with van der Waals surface area (Å²) in [5.41, 5.74) is 1.99. The van der Waals surface area contributed by atoms with E-state index in [1.807, 2.05) is 0 Å². The largest absolute Gasteiger partial charge is 0.497 e. The van der Waals surface area contributed by atoms with Gasteiger partial charge in [-0.2, -0.15) is 0 Å². The van der Waals surface area contributed by atoms with Crippen LogP contribution in [0.5, 0.6) is 11.5 Å². The summed E-state index contributed by atoms with van der Waals surface area (Å²) in [4.78, 5) is 42.6. The number of anilines is 2. The molecule has 0 aliphatic carbocycles. The number of halogens is 1. The van der Waals surface area contributed by atoms with E-state index in [0.717, 1.165) is 0 Å². The summed E-state index contributed by atoms with van der Waals surface area (Å²) in [6.45, 7) is 0.401. The Balaban J connectivity index is 1.36. The van der Waals surface area contributed by atoms with Gasteiger partial charge in [0.1, 0.15) is 23.4 Å². The quantitative estimate of drug-likeness (QED) is 0.563. The Labute approximate surface area is 212 Å². The van der Waals surface area contributed by atoms with E-state index in [-0.39, 0.29) is 31.1 Å². The zero-order chi connectivity index (χ0) is 26.1. The number of methoxy groups -OCH3 is 2. The molecule has 1 fully saturated rings. The van der Waals surface area contributed by atoms with Crippen molar-refractivity contribution in [1.29, 1.82) is 0 Å². The molecule has 4 amide bonds. The lowest BCUT2D eigenvalue weighted by Gasteiger charge is -2.39. The Morgan fingerprint density at radius 3 is 2.41 bits per heavy atom. The van der Waals surface area contributed by atoms with Gasteiger partial charge in [0.2, 0.25) is 5.91 Å². The van der Waals surface area contributed by atoms with Crippen LogP contribution in [0.3, 0.4) is 0 Å². The van der Waals surface area contributed by atoms with Crippen molar-refractivity contribution in [2.24, 2.45) is 0 Å². The van der Waals surface area contributed by atoms with Crippen molar-refractivity contribution in [1.82, 2.24) is 9.80 Å². The van der Waals surface area contributed by atoms with Crippen LogP contribution in [0.2, 0.25) is 0 Å². The fourth-order valence-corrected chi connectivity index (χ4v) is 4.58. The number of fused-ring (bicyclic) bond motifs is 2. The van der Waals surface area contributed by atoms with Gasteiger partial charge < -0.3 is 29.9 Å². The van der Waals surface area contributed by atoms with E-state index in [1.165, 1.54) is 30.1 Å². The lowest BCUT2D eigenvalue weighted by molar-refractivity contribution is -0.121. The predicted molar refractivity (Wildman–Crippen MR) is 135 cm³/mol. The number of hydrogen-bond donors (Lipinski definition) is 2. The van der Waals surface area contributed by atoms with Gasteiger partial charge in [0, 0.05) is 42.5 Å². The number of hydrogen-bond acceptors (Lipinski definition) is 5. The first-order valence-corrected chi connectivity index (χ1v) is 11.7. The number of rotatable bonds is 4. The third-order valence-corrected chi connectivity index (χ3v) is 6.53. The molecule has 3 aromatic carbocycles. The summed E-state index contributed by atoms with van der Waals surface area (Å²) in [6.07, 6.45) is 0. The number of amides is 4. The summed E-state index contributed by atoms with van der Waals surface area (Å²) in [6, 6.07) is 14.9. The first-order valence-electron chi connectivity index (χ1n) is 11.7. The molecule has 0 bridgehead atoms. The van der Waals surface area contributed by atoms with E-state index in [0.29, 0.717) is 34.0 Å². The molecule has 1 saturated heterocycles. The molecule has 2 aliphatic heterocycles. The van der Waals surface area contributed by atoms with Crippen LogP contribution in [-0.4, -0.2) is 67.5 Å². The minimum Gasteiger partial charge on any atom is -0.497 e. The number of piperazine rings is 1. The molecule has 5 rings (SSSR count). The summed E-state index contributed by atoms with van der Waals surface area (Å²) in [7, 11) is 3.02. The highest BCUT2D eigenvalue weighted by molar-refractivity contribution is 6.11. The minimum absolute atomic E-state index is 0.0126. The molecule has 1 atom stereocenters. The smallest absolute Gasteiger partial charge is 0.321 e. The van der Waals surface area contributed by atoms with E-state index in [2.05, 4.69) is 10.6 Å². The first kappa shape index (κ1) is 24.1. The SMILES string of the molecule is COc1cc(NC(=O)N2CCN3C(=O)c4cc(-c5ccccc5F)ccc4NC(=O)[C@@H]3C2)cc(OC)c1. The summed E-state index contributed by atoms with van der Waals surface area (Å²) in [5.74, 6) is -0.124. The molecular formula is C27H25FN4O5. The fraction of sp³-hybridized carbons (Fsp3) is 0.222. The lowest BCUT2D eigenvalue weighted by atomic mass is 10.0. The van der Waals surface area contributed by atoms with Crippen LogP contribution in [-0.2, 0) is 4.79 Å². The average Bonchev–Trinajstić information content (AvgIpc) is 3.02. The normalized spacial score (nSPS) is 16.8. The van der Waals surface area contributed by atoms with Crippen molar-refractivity contribution in [3.8, 4) is 22.6 Å². The molecule has 2 aliphatic rings. The Morgan fingerprint density at radius 1 is 0.973 bits per heavy atom. The minimum atomic E-state index is -0.879. The molecule has 2 heterocycles. The molecule has 0 saturated carbocycles. The molecule has 190 valence electrons. The highest BCUT2D eigenvalue weighted by Crippen LogP contribution is 2.31. The molecule has 10 heteroatoms. The molecule has 2 N–H and O–H groups in total. The third-order valence-electron chi connectivity index (χ3n) is 6.53. The molecule has 0 radical (unpaired) electrons. The predicted octanol–water partition coefficient (Wildman–Crippen LogP) is 3.82. The van der Waals surface area contributed by atoms with Gasteiger partial charge in [-0.05, 0) is 23.8 Å². The molecule has 9 nitrogen and oxygen atoms in total. The van der Waals surface area contributed by atoms with Crippen molar-refractivity contribution in [3.63, 3.8) is 0 Å². The Hall–Kier alpha value is -4.60. The van der Waals surface area contributed by atoms with Crippen molar-refractivity contribution in [2.45, 2.75) is 6.04 Å². The summed E-state index contributed by atoms with van der Waals surface area (Å²) >= 11 is 0. The van der Waals surface area contributed by atoms with Gasteiger partial charge in [-0.3, -0.25) is 9.59 Å². The topological polar surface area (TPSA) is 100 Å². The maximum Gasteiger partial charge on any atom is 0.321 e. The van der Waals surface area contributed by atoms with Crippen LogP contribution in [0.4, 0.5) is 20.6 Å². The zero-order valence-corrected chi connectivity index (χ0v) is 20.3. The number of ether oxygens (including phenoxy) is 2. The highest BCUT2D eigenvalue weighted by atomic mass is 19.1. The molecular weight excluding hydrogens is 479 g/mol. The summed E-state index contributed by atoms with van der Waals surface area (Å²) < 4.78 is 24.8. The van der Waals surface area contributed by atoms with Crippen molar-refractivity contribution >= 4 is 29.2 Å².